The fourth-order valence-electron chi connectivity index (χ4n) is 2.65. The molecule has 0 unspecified atom stereocenters. The predicted octanol–water partition coefficient (Wildman–Crippen LogP) is 2.71. The van der Waals surface area contributed by atoms with Crippen molar-refractivity contribution in [1.82, 2.24) is 9.88 Å². The topological polar surface area (TPSA) is 81.5 Å². The molecular weight excluding hydrogens is 318 g/mol. The Morgan fingerprint density at radius 2 is 2.12 bits per heavy atom. The standard InChI is InChI=1S/C18H27N5O2/c1-18(2,3)14-23(8-4-7-19)17(24)21-15-5-6-16(20-13-15)22-9-11-25-12-10-22/h5-6,13H,4,8-12,14H2,1-3H3,(H,21,24). The summed E-state index contributed by atoms with van der Waals surface area (Å²) < 4.78 is 5.34. The maximum atomic E-state index is 12.5. The molecule has 2 rings (SSSR count). The van der Waals surface area contributed by atoms with E-state index in [1.54, 1.807) is 11.1 Å². The molecule has 7 heteroatoms. The molecule has 0 spiro atoms. The van der Waals surface area contributed by atoms with E-state index in [0.717, 1.165) is 18.9 Å². The predicted molar refractivity (Wildman–Crippen MR) is 97.5 cm³/mol. The number of hydrogen-bond donors (Lipinski definition) is 1. The molecule has 2 heterocycles. The van der Waals surface area contributed by atoms with Crippen molar-refractivity contribution >= 4 is 17.5 Å². The molecule has 0 atom stereocenters. The van der Waals surface area contributed by atoms with Gasteiger partial charge < -0.3 is 19.9 Å². The van der Waals surface area contributed by atoms with E-state index in [-0.39, 0.29) is 11.4 Å². The summed E-state index contributed by atoms with van der Waals surface area (Å²) in [7, 11) is 0. The molecule has 0 radical (unpaired) electrons. The van der Waals surface area contributed by atoms with Crippen molar-refractivity contribution in [2.24, 2.45) is 5.41 Å². The highest BCUT2D eigenvalue weighted by molar-refractivity contribution is 5.89. The molecular formula is C18H27N5O2. The van der Waals surface area contributed by atoms with Gasteiger partial charge >= 0.3 is 6.03 Å². The summed E-state index contributed by atoms with van der Waals surface area (Å²) in [6, 6.07) is 5.66. The minimum absolute atomic E-state index is 0.0365. The van der Waals surface area contributed by atoms with E-state index >= 15 is 0 Å². The average molecular weight is 345 g/mol. The summed E-state index contributed by atoms with van der Waals surface area (Å²) in [5.41, 5.74) is 0.614. The Kier molecular flexibility index (Phi) is 6.59. The molecule has 7 nitrogen and oxygen atoms in total. The van der Waals surface area contributed by atoms with Crippen LogP contribution < -0.4 is 10.2 Å². The normalized spacial score (nSPS) is 14.7. The molecule has 136 valence electrons. The van der Waals surface area contributed by atoms with Crippen molar-refractivity contribution in [2.45, 2.75) is 27.2 Å². The SMILES string of the molecule is CC(C)(C)CN(CCC#N)C(=O)Nc1ccc(N2CCOCC2)nc1. The molecule has 25 heavy (non-hydrogen) atoms. The van der Waals surface area contributed by atoms with Gasteiger partial charge in [0.2, 0.25) is 0 Å². The van der Waals surface area contributed by atoms with Crippen LogP contribution in [0.25, 0.3) is 0 Å². The monoisotopic (exact) mass is 345 g/mol. The smallest absolute Gasteiger partial charge is 0.321 e. The zero-order valence-corrected chi connectivity index (χ0v) is 15.3. The second-order valence-electron chi connectivity index (χ2n) is 7.32. The molecule has 0 bridgehead atoms. The number of aromatic nitrogens is 1. The summed E-state index contributed by atoms with van der Waals surface area (Å²) in [5, 5.41) is 11.7. The van der Waals surface area contributed by atoms with Crippen molar-refractivity contribution < 1.29 is 9.53 Å². The Morgan fingerprint density at radius 3 is 2.68 bits per heavy atom. The third-order valence-electron chi connectivity index (χ3n) is 3.78. The molecule has 1 aliphatic heterocycles. The minimum Gasteiger partial charge on any atom is -0.378 e. The van der Waals surface area contributed by atoms with Crippen LogP contribution in [0.15, 0.2) is 18.3 Å². The summed E-state index contributed by atoms with van der Waals surface area (Å²) in [6.07, 6.45) is 1.99. The zero-order valence-electron chi connectivity index (χ0n) is 15.3. The number of nitriles is 1. The number of hydrogen-bond acceptors (Lipinski definition) is 5. The van der Waals surface area contributed by atoms with Crippen LogP contribution in [0, 0.1) is 16.7 Å². The van der Waals surface area contributed by atoms with Gasteiger partial charge in [0.1, 0.15) is 5.82 Å². The van der Waals surface area contributed by atoms with E-state index < -0.39 is 0 Å². The van der Waals surface area contributed by atoms with Gasteiger partial charge in [-0.25, -0.2) is 9.78 Å². The first-order valence-corrected chi connectivity index (χ1v) is 8.61. The van der Waals surface area contributed by atoms with Crippen molar-refractivity contribution in [3.8, 4) is 6.07 Å². The first-order valence-electron chi connectivity index (χ1n) is 8.61. The maximum absolute atomic E-state index is 12.5. The van der Waals surface area contributed by atoms with Gasteiger partial charge in [0.15, 0.2) is 0 Å². The molecule has 1 fully saturated rings. The average Bonchev–Trinajstić information content (AvgIpc) is 2.59. The van der Waals surface area contributed by atoms with E-state index in [1.807, 2.05) is 12.1 Å². The number of nitrogens with one attached hydrogen (secondary N) is 1. The highest BCUT2D eigenvalue weighted by Crippen LogP contribution is 2.18. The number of carbonyl (C=O) groups excluding carboxylic acids is 1. The molecule has 1 aromatic heterocycles. The molecule has 1 aliphatic rings. The Hall–Kier alpha value is -2.33. The third-order valence-corrected chi connectivity index (χ3v) is 3.78. The van der Waals surface area contributed by atoms with Crippen LogP contribution in [0.2, 0.25) is 0 Å². The Bertz CT molecular complexity index is 597. The van der Waals surface area contributed by atoms with Crippen molar-refractivity contribution in [3.05, 3.63) is 18.3 Å². The first-order chi connectivity index (χ1) is 11.9. The highest BCUT2D eigenvalue weighted by Gasteiger charge is 2.21. The molecule has 1 saturated heterocycles. The van der Waals surface area contributed by atoms with Gasteiger partial charge in [-0.2, -0.15) is 5.26 Å². The Labute approximate surface area is 149 Å². The van der Waals surface area contributed by atoms with Gasteiger partial charge in [0.25, 0.3) is 0 Å². The van der Waals surface area contributed by atoms with Crippen LogP contribution in [-0.4, -0.2) is 55.3 Å². The van der Waals surface area contributed by atoms with Gasteiger partial charge in [-0.1, -0.05) is 20.8 Å². The minimum atomic E-state index is -0.203. The lowest BCUT2D eigenvalue weighted by Crippen LogP contribution is -2.41. The largest absolute Gasteiger partial charge is 0.378 e. The highest BCUT2D eigenvalue weighted by atomic mass is 16.5. The van der Waals surface area contributed by atoms with Crippen molar-refractivity contribution in [2.75, 3.05) is 49.6 Å². The van der Waals surface area contributed by atoms with Gasteiger partial charge in [-0.05, 0) is 17.5 Å². The zero-order chi connectivity index (χ0) is 18.3. The van der Waals surface area contributed by atoms with Crippen LogP contribution in [-0.2, 0) is 4.74 Å². The van der Waals surface area contributed by atoms with E-state index in [1.165, 1.54) is 0 Å². The number of pyridine rings is 1. The molecule has 0 aromatic carbocycles. The number of urea groups is 1. The summed E-state index contributed by atoms with van der Waals surface area (Å²) in [6.45, 7) is 10.3. The van der Waals surface area contributed by atoms with E-state index in [0.29, 0.717) is 38.4 Å². The summed E-state index contributed by atoms with van der Waals surface area (Å²) in [4.78, 5) is 20.8. The molecule has 2 amide bonds. The van der Waals surface area contributed by atoms with Crippen molar-refractivity contribution in [1.29, 1.82) is 5.26 Å². The van der Waals surface area contributed by atoms with Crippen LogP contribution in [0.1, 0.15) is 27.2 Å². The van der Waals surface area contributed by atoms with Crippen LogP contribution in [0.4, 0.5) is 16.3 Å². The lowest BCUT2D eigenvalue weighted by molar-refractivity contribution is 0.122. The number of anilines is 2. The van der Waals surface area contributed by atoms with Gasteiger partial charge in [-0.15, -0.1) is 0 Å². The molecule has 0 aliphatic carbocycles. The van der Waals surface area contributed by atoms with Crippen LogP contribution in [0.5, 0.6) is 0 Å². The molecule has 1 N–H and O–H groups in total. The Balaban J connectivity index is 1.98. The van der Waals surface area contributed by atoms with Gasteiger partial charge in [0.05, 0.1) is 37.6 Å². The second-order valence-corrected chi connectivity index (χ2v) is 7.32. The quantitative estimate of drug-likeness (QED) is 0.887. The fraction of sp³-hybridized carbons (Fsp3) is 0.611. The number of morpholine rings is 1. The fourth-order valence-corrected chi connectivity index (χ4v) is 2.65. The van der Waals surface area contributed by atoms with Gasteiger partial charge in [0, 0.05) is 26.2 Å². The second kappa shape index (κ2) is 8.67. The van der Waals surface area contributed by atoms with E-state index in [4.69, 9.17) is 10.00 Å². The van der Waals surface area contributed by atoms with Crippen LogP contribution in [0.3, 0.4) is 0 Å². The number of nitrogens with zero attached hydrogens (tertiary/aromatic N) is 4. The van der Waals surface area contributed by atoms with Crippen LogP contribution >= 0.6 is 0 Å². The van der Waals surface area contributed by atoms with E-state index in [2.05, 4.69) is 42.0 Å². The molecule has 0 saturated carbocycles. The van der Waals surface area contributed by atoms with E-state index in [9.17, 15) is 4.79 Å². The number of ether oxygens (including phenoxy) is 1. The number of rotatable bonds is 5. The third kappa shape index (κ3) is 6.24. The van der Waals surface area contributed by atoms with Crippen molar-refractivity contribution in [3.63, 3.8) is 0 Å². The lowest BCUT2D eigenvalue weighted by Gasteiger charge is -2.30. The Morgan fingerprint density at radius 1 is 1.40 bits per heavy atom. The summed E-state index contributed by atoms with van der Waals surface area (Å²) in [5.74, 6) is 0.886. The van der Waals surface area contributed by atoms with Gasteiger partial charge in [-0.3, -0.25) is 0 Å². The summed E-state index contributed by atoms with van der Waals surface area (Å²) >= 11 is 0. The molecule has 1 aromatic rings. The first kappa shape index (κ1) is 19.0. The number of amides is 2. The number of carbonyl (C=O) groups is 1. The maximum Gasteiger partial charge on any atom is 0.321 e. The lowest BCUT2D eigenvalue weighted by atomic mass is 9.96.